The van der Waals surface area contributed by atoms with Crippen molar-refractivity contribution in [1.29, 1.82) is 5.26 Å². The first-order chi connectivity index (χ1) is 12.4. The predicted molar refractivity (Wildman–Crippen MR) is 102 cm³/mol. The average molecular weight is 371 g/mol. The van der Waals surface area contributed by atoms with Crippen LogP contribution < -0.4 is 10.6 Å². The monoisotopic (exact) mass is 370 g/mol. The van der Waals surface area contributed by atoms with Crippen LogP contribution >= 0.6 is 11.6 Å². The van der Waals surface area contributed by atoms with Gasteiger partial charge in [0.1, 0.15) is 6.07 Å². The smallest absolute Gasteiger partial charge is 0.238 e. The summed E-state index contributed by atoms with van der Waals surface area (Å²) in [6.07, 6.45) is 0. The van der Waals surface area contributed by atoms with Crippen molar-refractivity contribution in [3.8, 4) is 6.07 Å². The molecule has 0 aliphatic rings. The Morgan fingerprint density at radius 2 is 1.58 bits per heavy atom. The topological polar surface area (TPSA) is 85.2 Å². The molecule has 2 N–H and O–H groups in total. The van der Waals surface area contributed by atoms with E-state index < -0.39 is 0 Å². The maximum Gasteiger partial charge on any atom is 0.238 e. The Bertz CT molecular complexity index is 844. The van der Waals surface area contributed by atoms with Crippen molar-refractivity contribution >= 4 is 34.8 Å². The number of rotatable bonds is 6. The summed E-state index contributed by atoms with van der Waals surface area (Å²) in [6, 6.07) is 14.1. The van der Waals surface area contributed by atoms with Gasteiger partial charge < -0.3 is 10.6 Å². The highest BCUT2D eigenvalue weighted by Gasteiger charge is 2.12. The highest BCUT2D eigenvalue weighted by Crippen LogP contribution is 2.20. The lowest BCUT2D eigenvalue weighted by molar-refractivity contribution is -0.119. The van der Waals surface area contributed by atoms with E-state index in [4.69, 9.17) is 16.9 Å². The number of carbonyl (C=O) groups is 2. The molecule has 0 heterocycles. The van der Waals surface area contributed by atoms with Gasteiger partial charge in [-0.25, -0.2) is 0 Å². The van der Waals surface area contributed by atoms with Crippen LogP contribution in [0.4, 0.5) is 11.4 Å². The fourth-order valence-corrected chi connectivity index (χ4v) is 2.49. The lowest BCUT2D eigenvalue weighted by atomic mass is 10.2. The van der Waals surface area contributed by atoms with Crippen molar-refractivity contribution < 1.29 is 9.59 Å². The van der Waals surface area contributed by atoms with Crippen molar-refractivity contribution in [3.63, 3.8) is 0 Å². The molecular formula is C19H19ClN4O2. The molecule has 2 aromatic carbocycles. The maximum atomic E-state index is 12.1. The van der Waals surface area contributed by atoms with Crippen molar-refractivity contribution in [1.82, 2.24) is 4.90 Å². The van der Waals surface area contributed by atoms with Gasteiger partial charge in [0, 0.05) is 11.4 Å². The molecule has 0 unspecified atom stereocenters. The molecule has 26 heavy (non-hydrogen) atoms. The van der Waals surface area contributed by atoms with Gasteiger partial charge in [-0.3, -0.25) is 14.5 Å². The number of halogens is 1. The number of amides is 2. The molecule has 134 valence electrons. The Morgan fingerprint density at radius 3 is 2.12 bits per heavy atom. The minimum absolute atomic E-state index is 0.0406. The molecular weight excluding hydrogens is 352 g/mol. The van der Waals surface area contributed by atoms with E-state index in [0.29, 0.717) is 16.9 Å². The number of likely N-dealkylation sites (N-methyl/N-ethyl adjacent to an activating group) is 1. The Balaban J connectivity index is 1.82. The Labute approximate surface area is 157 Å². The third-order valence-corrected chi connectivity index (χ3v) is 3.85. The van der Waals surface area contributed by atoms with Crippen LogP contribution in [-0.4, -0.2) is 36.9 Å². The molecule has 0 radical (unpaired) electrons. The fraction of sp³-hybridized carbons (Fsp3) is 0.211. The minimum Gasteiger partial charge on any atom is -0.325 e. The standard InChI is InChI=1S/C19H19ClN4O2/c1-13-3-6-15(7-4-13)22-18(25)11-24(2)12-19(26)23-16-8-5-14(10-21)17(20)9-16/h3-9H,11-12H2,1-2H3,(H,22,25)(H,23,26). The quantitative estimate of drug-likeness (QED) is 0.818. The summed E-state index contributed by atoms with van der Waals surface area (Å²) in [7, 11) is 1.68. The van der Waals surface area contributed by atoms with Crippen molar-refractivity contribution in [2.75, 3.05) is 30.8 Å². The lowest BCUT2D eigenvalue weighted by Crippen LogP contribution is -2.36. The third-order valence-electron chi connectivity index (χ3n) is 3.54. The second-order valence-corrected chi connectivity index (χ2v) is 6.35. The molecule has 6 nitrogen and oxygen atoms in total. The van der Waals surface area contributed by atoms with Gasteiger partial charge >= 0.3 is 0 Å². The zero-order valence-electron chi connectivity index (χ0n) is 14.5. The van der Waals surface area contributed by atoms with Crippen molar-refractivity contribution in [3.05, 3.63) is 58.6 Å². The molecule has 2 aromatic rings. The number of anilines is 2. The maximum absolute atomic E-state index is 12.1. The number of carbonyl (C=O) groups excluding carboxylic acids is 2. The van der Waals surface area contributed by atoms with E-state index in [-0.39, 0.29) is 29.9 Å². The number of nitrogens with zero attached hydrogens (tertiary/aromatic N) is 2. The zero-order chi connectivity index (χ0) is 19.1. The summed E-state index contributed by atoms with van der Waals surface area (Å²) in [4.78, 5) is 25.7. The van der Waals surface area contributed by atoms with Gasteiger partial charge in [-0.1, -0.05) is 29.3 Å². The number of nitrogens with one attached hydrogen (secondary N) is 2. The van der Waals surface area contributed by atoms with Gasteiger partial charge in [-0.2, -0.15) is 5.26 Å². The second-order valence-electron chi connectivity index (χ2n) is 5.94. The van der Waals surface area contributed by atoms with Crippen molar-refractivity contribution in [2.45, 2.75) is 6.92 Å². The molecule has 0 saturated carbocycles. The largest absolute Gasteiger partial charge is 0.325 e. The Kier molecular flexibility index (Phi) is 6.73. The van der Waals surface area contributed by atoms with Crippen molar-refractivity contribution in [2.24, 2.45) is 0 Å². The first-order valence-corrected chi connectivity index (χ1v) is 8.29. The fourth-order valence-electron chi connectivity index (χ4n) is 2.27. The zero-order valence-corrected chi connectivity index (χ0v) is 15.3. The van der Waals surface area contributed by atoms with Gasteiger partial charge in [-0.05, 0) is 44.3 Å². The summed E-state index contributed by atoms with van der Waals surface area (Å²) < 4.78 is 0. The van der Waals surface area contributed by atoms with Gasteiger partial charge in [-0.15, -0.1) is 0 Å². The third kappa shape index (κ3) is 5.88. The van der Waals surface area contributed by atoms with Gasteiger partial charge in [0.25, 0.3) is 0 Å². The highest BCUT2D eigenvalue weighted by molar-refractivity contribution is 6.32. The second kappa shape index (κ2) is 8.99. The molecule has 0 aromatic heterocycles. The average Bonchev–Trinajstić information content (AvgIpc) is 2.56. The normalized spacial score (nSPS) is 10.3. The number of nitriles is 1. The van der Waals surface area contributed by atoms with Gasteiger partial charge in [0.05, 0.1) is 23.7 Å². The molecule has 0 spiro atoms. The van der Waals surface area contributed by atoms with Crippen LogP contribution in [0.15, 0.2) is 42.5 Å². The molecule has 2 amide bonds. The van der Waals surface area contributed by atoms with Crippen LogP contribution in [0.1, 0.15) is 11.1 Å². The van der Waals surface area contributed by atoms with Crippen LogP contribution in [0.3, 0.4) is 0 Å². The molecule has 0 bridgehead atoms. The van der Waals surface area contributed by atoms with E-state index in [1.165, 1.54) is 12.1 Å². The van der Waals surface area contributed by atoms with E-state index in [1.54, 1.807) is 18.0 Å². The van der Waals surface area contributed by atoms with Crippen LogP contribution in [0.2, 0.25) is 5.02 Å². The molecule has 0 saturated heterocycles. The van der Waals surface area contributed by atoms with E-state index in [2.05, 4.69) is 10.6 Å². The van der Waals surface area contributed by atoms with E-state index in [0.717, 1.165) is 5.56 Å². The summed E-state index contributed by atoms with van der Waals surface area (Å²) >= 11 is 5.94. The first kappa shape index (κ1) is 19.4. The van der Waals surface area contributed by atoms with Crippen LogP contribution in [-0.2, 0) is 9.59 Å². The summed E-state index contributed by atoms with van der Waals surface area (Å²) in [5, 5.41) is 14.6. The van der Waals surface area contributed by atoms with Crippen LogP contribution in [0, 0.1) is 18.3 Å². The molecule has 7 heteroatoms. The molecule has 0 aliphatic heterocycles. The summed E-state index contributed by atoms with van der Waals surface area (Å²) in [5.41, 5.74) is 2.66. The number of benzene rings is 2. The Hall–Kier alpha value is -2.88. The number of hydrogen-bond acceptors (Lipinski definition) is 4. The van der Waals surface area contributed by atoms with E-state index in [9.17, 15) is 9.59 Å². The number of aryl methyl sites for hydroxylation is 1. The van der Waals surface area contributed by atoms with E-state index in [1.807, 2.05) is 37.3 Å². The predicted octanol–water partition coefficient (Wildman–Crippen LogP) is 3.03. The summed E-state index contributed by atoms with van der Waals surface area (Å²) in [5.74, 6) is -0.484. The Morgan fingerprint density at radius 1 is 1.04 bits per heavy atom. The SMILES string of the molecule is Cc1ccc(NC(=O)CN(C)CC(=O)Nc2ccc(C#N)c(Cl)c2)cc1. The van der Waals surface area contributed by atoms with E-state index >= 15 is 0 Å². The molecule has 0 fully saturated rings. The molecule has 0 aliphatic carbocycles. The number of hydrogen-bond donors (Lipinski definition) is 2. The summed E-state index contributed by atoms with van der Waals surface area (Å²) in [6.45, 7) is 2.09. The lowest BCUT2D eigenvalue weighted by Gasteiger charge is -2.16. The minimum atomic E-state index is -0.281. The molecule has 0 atom stereocenters. The van der Waals surface area contributed by atoms with Gasteiger partial charge in [0.2, 0.25) is 11.8 Å². The first-order valence-electron chi connectivity index (χ1n) is 7.92. The van der Waals surface area contributed by atoms with Gasteiger partial charge in [0.15, 0.2) is 0 Å². The molecule has 2 rings (SSSR count). The van der Waals surface area contributed by atoms with Crippen LogP contribution in [0.25, 0.3) is 0 Å². The van der Waals surface area contributed by atoms with Crippen LogP contribution in [0.5, 0.6) is 0 Å². The highest BCUT2D eigenvalue weighted by atomic mass is 35.5.